The summed E-state index contributed by atoms with van der Waals surface area (Å²) in [7, 11) is 1.54. The first-order valence-electron chi connectivity index (χ1n) is 9.07. The van der Waals surface area contributed by atoms with Crippen molar-refractivity contribution >= 4 is 23.5 Å². The Hall–Kier alpha value is -3.36. The maximum Gasteiger partial charge on any atom is 0.409 e. The van der Waals surface area contributed by atoms with Crippen molar-refractivity contribution in [3.8, 4) is 5.75 Å². The van der Waals surface area contributed by atoms with Crippen LogP contribution in [-0.2, 0) is 4.74 Å². The van der Waals surface area contributed by atoms with Gasteiger partial charge >= 0.3 is 6.09 Å². The van der Waals surface area contributed by atoms with Crippen molar-refractivity contribution in [2.24, 2.45) is 0 Å². The second-order valence-electron chi connectivity index (χ2n) is 6.10. The Morgan fingerprint density at radius 2 is 1.82 bits per heavy atom. The molecular formula is C19H23N5O4. The van der Waals surface area contributed by atoms with Crippen LogP contribution < -0.4 is 15.0 Å². The Kier molecular flexibility index (Phi) is 6.25. The third kappa shape index (κ3) is 4.48. The summed E-state index contributed by atoms with van der Waals surface area (Å²) in [4.78, 5) is 27.9. The van der Waals surface area contributed by atoms with Gasteiger partial charge in [0.1, 0.15) is 5.75 Å². The van der Waals surface area contributed by atoms with Crippen LogP contribution in [0.1, 0.15) is 17.4 Å². The second-order valence-corrected chi connectivity index (χ2v) is 6.10. The lowest BCUT2D eigenvalue weighted by atomic mass is 10.2. The minimum atomic E-state index is -0.365. The Morgan fingerprint density at radius 1 is 1.07 bits per heavy atom. The van der Waals surface area contributed by atoms with E-state index in [0.717, 1.165) is 0 Å². The normalized spacial score (nSPS) is 13.8. The molecule has 1 N–H and O–H groups in total. The number of nitrogens with one attached hydrogen (secondary N) is 1. The highest BCUT2D eigenvalue weighted by atomic mass is 16.6. The van der Waals surface area contributed by atoms with Crippen molar-refractivity contribution in [3.05, 3.63) is 42.1 Å². The molecule has 1 saturated heterocycles. The number of nitrogens with zero attached hydrogens (tertiary/aromatic N) is 4. The fraction of sp³-hybridized carbons (Fsp3) is 0.368. The summed E-state index contributed by atoms with van der Waals surface area (Å²) in [5.41, 5.74) is 0.774. The lowest BCUT2D eigenvalue weighted by molar-refractivity contribution is 0.101. The molecule has 2 aromatic rings. The van der Waals surface area contributed by atoms with Crippen LogP contribution in [0.4, 0.5) is 16.3 Å². The van der Waals surface area contributed by atoms with Crippen LogP contribution >= 0.6 is 0 Å². The molecule has 1 aromatic heterocycles. The van der Waals surface area contributed by atoms with Gasteiger partial charge in [0.2, 0.25) is 0 Å². The van der Waals surface area contributed by atoms with Crippen molar-refractivity contribution in [1.29, 1.82) is 0 Å². The van der Waals surface area contributed by atoms with Crippen LogP contribution in [0.5, 0.6) is 5.75 Å². The number of carbonyl (C=O) groups excluding carboxylic acids is 2. The highest BCUT2D eigenvalue weighted by Crippen LogP contribution is 2.23. The van der Waals surface area contributed by atoms with Crippen LogP contribution in [0.15, 0.2) is 36.4 Å². The zero-order chi connectivity index (χ0) is 19.9. The van der Waals surface area contributed by atoms with Gasteiger partial charge in [-0.1, -0.05) is 12.1 Å². The van der Waals surface area contributed by atoms with Gasteiger partial charge in [0, 0.05) is 26.2 Å². The molecule has 0 saturated carbocycles. The Morgan fingerprint density at radius 3 is 2.46 bits per heavy atom. The van der Waals surface area contributed by atoms with E-state index in [1.54, 1.807) is 43.2 Å². The smallest absolute Gasteiger partial charge is 0.409 e. The predicted octanol–water partition coefficient (Wildman–Crippen LogP) is 2.02. The molecule has 1 aromatic carbocycles. The first-order valence-corrected chi connectivity index (χ1v) is 9.07. The van der Waals surface area contributed by atoms with Gasteiger partial charge in [-0.25, -0.2) is 4.79 Å². The minimum absolute atomic E-state index is 0.208. The maximum absolute atomic E-state index is 12.4. The SMILES string of the molecule is CCOC(=O)N1CCN(c2ccc(C(=O)Nc3ccccc3OC)nn2)CC1. The topological polar surface area (TPSA) is 96.9 Å². The molecule has 2 amide bonds. The van der Waals surface area contributed by atoms with Crippen LogP contribution in [0, 0.1) is 0 Å². The third-order valence-electron chi connectivity index (χ3n) is 4.37. The summed E-state index contributed by atoms with van der Waals surface area (Å²) in [6.07, 6.45) is -0.295. The molecule has 0 aliphatic carbocycles. The molecule has 28 heavy (non-hydrogen) atoms. The molecule has 148 valence electrons. The molecule has 0 radical (unpaired) electrons. The average molecular weight is 385 g/mol. The number of para-hydroxylation sites is 2. The van der Waals surface area contributed by atoms with Gasteiger partial charge in [-0.3, -0.25) is 4.79 Å². The van der Waals surface area contributed by atoms with Crippen molar-refractivity contribution in [1.82, 2.24) is 15.1 Å². The monoisotopic (exact) mass is 385 g/mol. The number of carbonyl (C=O) groups is 2. The number of methoxy groups -OCH3 is 1. The molecule has 9 heteroatoms. The van der Waals surface area contributed by atoms with Crippen LogP contribution in [0.2, 0.25) is 0 Å². The van der Waals surface area contributed by atoms with E-state index in [0.29, 0.717) is 50.0 Å². The van der Waals surface area contributed by atoms with Crippen LogP contribution in [0.3, 0.4) is 0 Å². The number of amides is 2. The molecule has 0 atom stereocenters. The molecule has 0 unspecified atom stereocenters. The standard InChI is InChI=1S/C19H23N5O4/c1-3-28-19(26)24-12-10-23(11-13-24)17-9-8-15(21-22-17)18(25)20-14-6-4-5-7-16(14)27-2/h4-9H,3,10-13H2,1-2H3,(H,20,25). The van der Waals surface area contributed by atoms with E-state index in [-0.39, 0.29) is 17.7 Å². The van der Waals surface area contributed by atoms with E-state index in [4.69, 9.17) is 9.47 Å². The highest BCUT2D eigenvalue weighted by Gasteiger charge is 2.23. The first-order chi connectivity index (χ1) is 13.6. The van der Waals surface area contributed by atoms with E-state index >= 15 is 0 Å². The van der Waals surface area contributed by atoms with Gasteiger partial charge < -0.3 is 24.6 Å². The van der Waals surface area contributed by atoms with E-state index < -0.39 is 0 Å². The fourth-order valence-electron chi connectivity index (χ4n) is 2.88. The fourth-order valence-corrected chi connectivity index (χ4v) is 2.88. The van der Waals surface area contributed by atoms with Crippen molar-refractivity contribution in [2.75, 3.05) is 50.1 Å². The molecule has 0 spiro atoms. The Bertz CT molecular complexity index is 819. The summed E-state index contributed by atoms with van der Waals surface area (Å²) < 4.78 is 10.2. The largest absolute Gasteiger partial charge is 0.495 e. The number of anilines is 2. The van der Waals surface area contributed by atoms with Crippen molar-refractivity contribution < 1.29 is 19.1 Å². The van der Waals surface area contributed by atoms with E-state index in [2.05, 4.69) is 15.5 Å². The van der Waals surface area contributed by atoms with Crippen molar-refractivity contribution in [3.63, 3.8) is 0 Å². The van der Waals surface area contributed by atoms with E-state index in [1.807, 2.05) is 17.0 Å². The summed E-state index contributed by atoms with van der Waals surface area (Å²) in [6, 6.07) is 10.5. The summed E-state index contributed by atoms with van der Waals surface area (Å²) in [6.45, 7) is 4.51. The van der Waals surface area contributed by atoms with Gasteiger partial charge in [0.25, 0.3) is 5.91 Å². The zero-order valence-corrected chi connectivity index (χ0v) is 15.9. The number of hydrogen-bond donors (Lipinski definition) is 1. The molecule has 1 aliphatic rings. The lowest BCUT2D eigenvalue weighted by Crippen LogP contribution is -2.49. The number of aromatic nitrogens is 2. The van der Waals surface area contributed by atoms with Gasteiger partial charge in [0.05, 0.1) is 19.4 Å². The highest BCUT2D eigenvalue weighted by molar-refractivity contribution is 6.03. The van der Waals surface area contributed by atoms with Gasteiger partial charge in [0.15, 0.2) is 11.5 Å². The van der Waals surface area contributed by atoms with Crippen molar-refractivity contribution in [2.45, 2.75) is 6.92 Å². The molecule has 0 bridgehead atoms. The molecule has 2 heterocycles. The average Bonchev–Trinajstić information content (AvgIpc) is 2.74. The van der Waals surface area contributed by atoms with Gasteiger partial charge in [-0.15, -0.1) is 10.2 Å². The lowest BCUT2D eigenvalue weighted by Gasteiger charge is -2.34. The molecule has 1 aliphatic heterocycles. The number of hydrogen-bond acceptors (Lipinski definition) is 7. The summed E-state index contributed by atoms with van der Waals surface area (Å²) in [5, 5.41) is 11.0. The van der Waals surface area contributed by atoms with Gasteiger partial charge in [-0.05, 0) is 31.2 Å². The van der Waals surface area contributed by atoms with E-state index in [1.165, 1.54) is 0 Å². The molecule has 3 rings (SSSR count). The second kappa shape index (κ2) is 9.03. The van der Waals surface area contributed by atoms with Crippen LogP contribution in [-0.4, -0.2) is 67.0 Å². The molecule has 1 fully saturated rings. The first kappa shape index (κ1) is 19.4. The number of ether oxygens (including phenoxy) is 2. The predicted molar refractivity (Wildman–Crippen MR) is 104 cm³/mol. The number of benzene rings is 1. The van der Waals surface area contributed by atoms with E-state index in [9.17, 15) is 9.59 Å². The number of rotatable bonds is 5. The Labute approximate surface area is 163 Å². The number of piperazine rings is 1. The van der Waals surface area contributed by atoms with Gasteiger partial charge in [-0.2, -0.15) is 0 Å². The summed E-state index contributed by atoms with van der Waals surface area (Å²) >= 11 is 0. The zero-order valence-electron chi connectivity index (χ0n) is 15.9. The minimum Gasteiger partial charge on any atom is -0.495 e. The Balaban J connectivity index is 1.59. The molecule has 9 nitrogen and oxygen atoms in total. The molecular weight excluding hydrogens is 362 g/mol. The third-order valence-corrected chi connectivity index (χ3v) is 4.37. The summed E-state index contributed by atoms with van der Waals surface area (Å²) in [5.74, 6) is 0.868. The van der Waals surface area contributed by atoms with Crippen LogP contribution in [0.25, 0.3) is 0 Å². The maximum atomic E-state index is 12.4. The quantitative estimate of drug-likeness (QED) is 0.841.